The van der Waals surface area contributed by atoms with Crippen LogP contribution in [0, 0.1) is 17.6 Å². The molecule has 23 heavy (non-hydrogen) atoms. The number of benzene rings is 1. The van der Waals surface area contributed by atoms with Crippen molar-refractivity contribution < 1.29 is 18.4 Å². The third-order valence-corrected chi connectivity index (χ3v) is 4.37. The van der Waals surface area contributed by atoms with Crippen LogP contribution in [0.2, 0.25) is 0 Å². The van der Waals surface area contributed by atoms with E-state index in [1.807, 2.05) is 13.8 Å². The van der Waals surface area contributed by atoms with Crippen molar-refractivity contribution in [2.75, 3.05) is 26.2 Å². The van der Waals surface area contributed by atoms with Crippen LogP contribution < -0.4 is 0 Å². The summed E-state index contributed by atoms with van der Waals surface area (Å²) in [7, 11) is 0. The summed E-state index contributed by atoms with van der Waals surface area (Å²) in [6.07, 6.45) is 1.59. The van der Waals surface area contributed by atoms with Gasteiger partial charge in [0.25, 0.3) is 5.91 Å². The third-order valence-electron chi connectivity index (χ3n) is 4.37. The molecular weight excluding hydrogens is 302 g/mol. The van der Waals surface area contributed by atoms with E-state index in [1.165, 1.54) is 4.90 Å². The highest BCUT2D eigenvalue weighted by Gasteiger charge is 2.28. The van der Waals surface area contributed by atoms with Crippen molar-refractivity contribution in [2.45, 2.75) is 26.7 Å². The molecule has 6 heteroatoms. The fraction of sp³-hybridized carbons (Fsp3) is 0.529. The van der Waals surface area contributed by atoms with Gasteiger partial charge in [-0.25, -0.2) is 8.78 Å². The highest BCUT2D eigenvalue weighted by atomic mass is 19.1. The van der Waals surface area contributed by atoms with Crippen LogP contribution in [-0.2, 0) is 4.79 Å². The first kappa shape index (κ1) is 17.4. The number of piperazine rings is 1. The van der Waals surface area contributed by atoms with Gasteiger partial charge in [-0.05, 0) is 31.0 Å². The minimum Gasteiger partial charge on any atom is -0.339 e. The van der Waals surface area contributed by atoms with Crippen molar-refractivity contribution in [2.24, 2.45) is 5.92 Å². The molecule has 0 bridgehead atoms. The predicted octanol–water partition coefficient (Wildman–Crippen LogP) is 2.69. The lowest BCUT2D eigenvalue weighted by atomic mass is 10.0. The molecule has 0 unspecified atom stereocenters. The van der Waals surface area contributed by atoms with E-state index in [2.05, 4.69) is 0 Å². The highest BCUT2D eigenvalue weighted by Crippen LogP contribution is 2.17. The quantitative estimate of drug-likeness (QED) is 0.854. The van der Waals surface area contributed by atoms with Crippen LogP contribution in [0.5, 0.6) is 0 Å². The molecule has 1 fully saturated rings. The second kappa shape index (κ2) is 7.53. The van der Waals surface area contributed by atoms with Crippen molar-refractivity contribution >= 4 is 11.8 Å². The zero-order valence-corrected chi connectivity index (χ0v) is 13.5. The van der Waals surface area contributed by atoms with Crippen LogP contribution >= 0.6 is 0 Å². The Balaban J connectivity index is 2.00. The Kier molecular flexibility index (Phi) is 5.69. The first-order chi connectivity index (χ1) is 11.0. The van der Waals surface area contributed by atoms with Gasteiger partial charge in [-0.1, -0.05) is 13.8 Å². The van der Waals surface area contributed by atoms with Gasteiger partial charge in [0.15, 0.2) is 0 Å². The van der Waals surface area contributed by atoms with Gasteiger partial charge in [0.2, 0.25) is 5.91 Å². The first-order valence-corrected chi connectivity index (χ1v) is 8.01. The monoisotopic (exact) mass is 324 g/mol. The van der Waals surface area contributed by atoms with E-state index in [0.717, 1.165) is 31.0 Å². The summed E-state index contributed by atoms with van der Waals surface area (Å²) in [6.45, 7) is 5.49. The van der Waals surface area contributed by atoms with Crippen LogP contribution in [0.3, 0.4) is 0 Å². The minimum atomic E-state index is -0.730. The molecule has 1 aliphatic heterocycles. The summed E-state index contributed by atoms with van der Waals surface area (Å²) < 4.78 is 26.9. The molecule has 1 saturated heterocycles. The number of halogens is 2. The molecule has 2 amide bonds. The summed E-state index contributed by atoms with van der Waals surface area (Å²) in [5.41, 5.74) is -0.259. The van der Waals surface area contributed by atoms with Crippen LogP contribution in [-0.4, -0.2) is 47.8 Å². The maximum atomic E-state index is 13.7. The lowest BCUT2D eigenvalue weighted by Crippen LogP contribution is -2.52. The standard InChI is InChI=1S/C17H22F2N2O2/c1-3-12(4-2)16(22)20-7-9-21(10-8-20)17(23)14-11-13(18)5-6-15(14)19/h5-6,11-12H,3-4,7-10H2,1-2H3. The van der Waals surface area contributed by atoms with E-state index in [9.17, 15) is 18.4 Å². The first-order valence-electron chi connectivity index (χ1n) is 8.01. The molecule has 1 aromatic rings. The summed E-state index contributed by atoms with van der Waals surface area (Å²) in [4.78, 5) is 27.9. The van der Waals surface area contributed by atoms with Crippen molar-refractivity contribution in [1.29, 1.82) is 0 Å². The van der Waals surface area contributed by atoms with Gasteiger partial charge >= 0.3 is 0 Å². The molecule has 0 radical (unpaired) electrons. The van der Waals surface area contributed by atoms with Gasteiger partial charge in [0.1, 0.15) is 11.6 Å². The molecule has 4 nitrogen and oxygen atoms in total. The summed E-state index contributed by atoms with van der Waals surface area (Å²) >= 11 is 0. The number of hydrogen-bond donors (Lipinski definition) is 0. The molecule has 0 aromatic heterocycles. The lowest BCUT2D eigenvalue weighted by Gasteiger charge is -2.36. The predicted molar refractivity (Wildman–Crippen MR) is 82.9 cm³/mol. The van der Waals surface area contributed by atoms with E-state index in [4.69, 9.17) is 0 Å². The minimum absolute atomic E-state index is 0.0120. The largest absolute Gasteiger partial charge is 0.339 e. The topological polar surface area (TPSA) is 40.6 Å². The molecule has 0 atom stereocenters. The number of carbonyl (C=O) groups excluding carboxylic acids is 2. The maximum absolute atomic E-state index is 13.7. The van der Waals surface area contributed by atoms with Crippen molar-refractivity contribution in [3.63, 3.8) is 0 Å². The fourth-order valence-electron chi connectivity index (χ4n) is 2.86. The van der Waals surface area contributed by atoms with Crippen LogP contribution in [0.4, 0.5) is 8.78 Å². The van der Waals surface area contributed by atoms with Crippen LogP contribution in [0.1, 0.15) is 37.0 Å². The van der Waals surface area contributed by atoms with Gasteiger partial charge in [0, 0.05) is 32.1 Å². The number of rotatable bonds is 4. The van der Waals surface area contributed by atoms with Gasteiger partial charge in [0.05, 0.1) is 5.56 Å². The van der Waals surface area contributed by atoms with E-state index in [-0.39, 0.29) is 17.4 Å². The summed E-state index contributed by atoms with van der Waals surface area (Å²) in [5, 5.41) is 0. The number of amides is 2. The molecule has 0 saturated carbocycles. The molecular formula is C17H22F2N2O2. The molecule has 0 aliphatic carbocycles. The summed E-state index contributed by atoms with van der Waals surface area (Å²) in [6, 6.07) is 2.85. The van der Waals surface area contributed by atoms with Gasteiger partial charge in [-0.2, -0.15) is 0 Å². The Hall–Kier alpha value is -1.98. The molecule has 2 rings (SSSR count). The fourth-order valence-corrected chi connectivity index (χ4v) is 2.86. The number of carbonyl (C=O) groups is 2. The molecule has 1 aliphatic rings. The van der Waals surface area contributed by atoms with Crippen molar-refractivity contribution in [1.82, 2.24) is 9.80 Å². The Morgan fingerprint density at radius 3 is 2.17 bits per heavy atom. The van der Waals surface area contributed by atoms with E-state index in [1.54, 1.807) is 4.90 Å². The Labute approximate surface area is 135 Å². The summed E-state index contributed by atoms with van der Waals surface area (Å²) in [5.74, 6) is -1.78. The van der Waals surface area contributed by atoms with Gasteiger partial charge < -0.3 is 9.80 Å². The van der Waals surface area contributed by atoms with Crippen molar-refractivity contribution in [3.8, 4) is 0 Å². The zero-order valence-electron chi connectivity index (χ0n) is 13.5. The Morgan fingerprint density at radius 1 is 1.04 bits per heavy atom. The molecule has 0 spiro atoms. The van der Waals surface area contributed by atoms with Crippen LogP contribution in [0.15, 0.2) is 18.2 Å². The second-order valence-electron chi connectivity index (χ2n) is 5.76. The average Bonchev–Trinajstić information content (AvgIpc) is 2.57. The maximum Gasteiger partial charge on any atom is 0.257 e. The Bertz CT molecular complexity index is 580. The van der Waals surface area contributed by atoms with E-state index < -0.39 is 17.5 Å². The number of nitrogens with zero attached hydrogens (tertiary/aromatic N) is 2. The van der Waals surface area contributed by atoms with Crippen LogP contribution in [0.25, 0.3) is 0 Å². The van der Waals surface area contributed by atoms with E-state index in [0.29, 0.717) is 26.2 Å². The smallest absolute Gasteiger partial charge is 0.257 e. The Morgan fingerprint density at radius 2 is 1.61 bits per heavy atom. The lowest BCUT2D eigenvalue weighted by molar-refractivity contribution is -0.137. The molecule has 0 N–H and O–H groups in total. The van der Waals surface area contributed by atoms with Gasteiger partial charge in [-0.3, -0.25) is 9.59 Å². The van der Waals surface area contributed by atoms with E-state index >= 15 is 0 Å². The zero-order chi connectivity index (χ0) is 17.0. The second-order valence-corrected chi connectivity index (χ2v) is 5.76. The molecule has 1 heterocycles. The number of hydrogen-bond acceptors (Lipinski definition) is 2. The average molecular weight is 324 g/mol. The highest BCUT2D eigenvalue weighted by molar-refractivity contribution is 5.94. The molecule has 126 valence electrons. The van der Waals surface area contributed by atoms with Gasteiger partial charge in [-0.15, -0.1) is 0 Å². The molecule has 1 aromatic carbocycles. The third kappa shape index (κ3) is 3.86. The normalized spacial score (nSPS) is 15.2. The SMILES string of the molecule is CCC(CC)C(=O)N1CCN(C(=O)c2cc(F)ccc2F)CC1. The van der Waals surface area contributed by atoms with Crippen molar-refractivity contribution in [3.05, 3.63) is 35.4 Å².